The largest absolute Gasteiger partial charge is 0.296 e. The molecule has 2 aromatic carbocycles. The molecule has 5 heteroatoms. The monoisotopic (exact) mass is 295 g/mol. The van der Waals surface area contributed by atoms with Gasteiger partial charge in [-0.05, 0) is 19.1 Å². The molecule has 22 heavy (non-hydrogen) atoms. The lowest BCUT2D eigenvalue weighted by Gasteiger charge is -2.08. The highest BCUT2D eigenvalue weighted by Gasteiger charge is 2.15. The van der Waals surface area contributed by atoms with Gasteiger partial charge in [-0.2, -0.15) is 0 Å². The Morgan fingerprint density at radius 2 is 2.00 bits per heavy atom. The van der Waals surface area contributed by atoms with Crippen LogP contribution < -0.4 is 0 Å². The van der Waals surface area contributed by atoms with E-state index in [0.717, 1.165) is 11.1 Å². The minimum absolute atomic E-state index is 0.219. The van der Waals surface area contributed by atoms with Gasteiger partial charge in [-0.15, -0.1) is 5.10 Å². The summed E-state index contributed by atoms with van der Waals surface area (Å²) in [5.41, 5.74) is 3.25. The number of aromatic nitrogens is 3. The summed E-state index contributed by atoms with van der Waals surface area (Å²) in [5, 5.41) is 7.89. The zero-order valence-corrected chi connectivity index (χ0v) is 12.0. The molecule has 3 aromatic rings. The van der Waals surface area contributed by atoms with Crippen LogP contribution in [0.3, 0.4) is 0 Å². The Labute approximate surface area is 127 Å². The smallest absolute Gasteiger partial charge is 0.172 e. The number of nitrogens with zero attached hydrogens (tertiary/aromatic N) is 3. The number of rotatable bonds is 4. The molecule has 1 heterocycles. The van der Waals surface area contributed by atoms with Crippen molar-refractivity contribution in [3.8, 4) is 11.3 Å². The summed E-state index contributed by atoms with van der Waals surface area (Å²) in [6.07, 6.45) is 0.669. The second-order valence-corrected chi connectivity index (χ2v) is 5.06. The van der Waals surface area contributed by atoms with Crippen LogP contribution in [0, 0.1) is 12.7 Å². The van der Waals surface area contributed by atoms with Crippen LogP contribution in [0.1, 0.15) is 21.6 Å². The molecule has 0 aliphatic heterocycles. The number of aldehydes is 1. The molecule has 0 aliphatic carbocycles. The first-order valence-corrected chi connectivity index (χ1v) is 6.88. The first-order valence-electron chi connectivity index (χ1n) is 6.88. The maximum Gasteiger partial charge on any atom is 0.172 e. The molecule has 0 amide bonds. The molecule has 0 unspecified atom stereocenters. The summed E-state index contributed by atoms with van der Waals surface area (Å²) in [7, 11) is 0. The molecular formula is C17H14FN3O. The predicted molar refractivity (Wildman–Crippen MR) is 81.1 cm³/mol. The lowest BCUT2D eigenvalue weighted by Crippen LogP contribution is -2.06. The number of carbonyl (C=O) groups excluding carboxylic acids is 1. The third kappa shape index (κ3) is 2.65. The van der Waals surface area contributed by atoms with Gasteiger partial charge < -0.3 is 0 Å². The van der Waals surface area contributed by atoms with Gasteiger partial charge in [-0.1, -0.05) is 47.2 Å². The van der Waals surface area contributed by atoms with E-state index < -0.39 is 0 Å². The summed E-state index contributed by atoms with van der Waals surface area (Å²) in [6, 6.07) is 14.2. The lowest BCUT2D eigenvalue weighted by atomic mass is 10.1. The van der Waals surface area contributed by atoms with Crippen molar-refractivity contribution in [2.45, 2.75) is 13.5 Å². The minimum atomic E-state index is -0.305. The fraction of sp³-hybridized carbons (Fsp3) is 0.118. The van der Waals surface area contributed by atoms with Crippen LogP contribution in [0.25, 0.3) is 11.3 Å². The topological polar surface area (TPSA) is 47.8 Å². The molecule has 0 fully saturated rings. The van der Waals surface area contributed by atoms with Gasteiger partial charge in [-0.25, -0.2) is 9.07 Å². The maximum absolute atomic E-state index is 13.8. The van der Waals surface area contributed by atoms with Crippen LogP contribution >= 0.6 is 0 Å². The Morgan fingerprint density at radius 3 is 2.73 bits per heavy atom. The Morgan fingerprint density at radius 1 is 1.18 bits per heavy atom. The van der Waals surface area contributed by atoms with Crippen LogP contribution in [0.15, 0.2) is 48.5 Å². The summed E-state index contributed by atoms with van der Waals surface area (Å²) < 4.78 is 15.4. The van der Waals surface area contributed by atoms with Crippen molar-refractivity contribution in [3.63, 3.8) is 0 Å². The molecule has 1 aromatic heterocycles. The second kappa shape index (κ2) is 5.89. The molecule has 0 spiro atoms. The van der Waals surface area contributed by atoms with E-state index in [1.165, 1.54) is 6.07 Å². The van der Waals surface area contributed by atoms with E-state index in [0.29, 0.717) is 17.5 Å². The number of aryl methyl sites for hydroxylation is 1. The molecular weight excluding hydrogens is 281 g/mol. The first kappa shape index (κ1) is 14.1. The van der Waals surface area contributed by atoms with Gasteiger partial charge in [-0.3, -0.25) is 4.79 Å². The molecule has 3 rings (SSSR count). The van der Waals surface area contributed by atoms with Crippen LogP contribution in [0.4, 0.5) is 4.39 Å². The van der Waals surface area contributed by atoms with Crippen LogP contribution in [0.5, 0.6) is 0 Å². The zero-order chi connectivity index (χ0) is 15.5. The number of hydrogen-bond donors (Lipinski definition) is 0. The highest BCUT2D eigenvalue weighted by molar-refractivity contribution is 5.83. The average Bonchev–Trinajstić information content (AvgIpc) is 2.92. The van der Waals surface area contributed by atoms with E-state index in [9.17, 15) is 9.18 Å². The molecule has 0 aliphatic rings. The van der Waals surface area contributed by atoms with Gasteiger partial charge >= 0.3 is 0 Å². The first-order chi connectivity index (χ1) is 10.7. The zero-order valence-electron chi connectivity index (χ0n) is 12.0. The van der Waals surface area contributed by atoms with Crippen molar-refractivity contribution in [1.82, 2.24) is 15.0 Å². The normalized spacial score (nSPS) is 10.6. The molecule has 0 radical (unpaired) electrons. The minimum Gasteiger partial charge on any atom is -0.296 e. The van der Waals surface area contributed by atoms with Crippen molar-refractivity contribution >= 4 is 6.29 Å². The summed E-state index contributed by atoms with van der Waals surface area (Å²) in [5.74, 6) is -0.305. The Hall–Kier alpha value is -2.82. The SMILES string of the molecule is Cc1cccc(-c2c(C=O)nnn2Cc2ccccc2F)c1. The molecule has 110 valence electrons. The Kier molecular flexibility index (Phi) is 3.78. The summed E-state index contributed by atoms with van der Waals surface area (Å²) in [4.78, 5) is 11.2. The highest BCUT2D eigenvalue weighted by atomic mass is 19.1. The van der Waals surface area contributed by atoms with E-state index in [1.807, 2.05) is 31.2 Å². The predicted octanol–water partition coefficient (Wildman–Crippen LogP) is 3.25. The van der Waals surface area contributed by atoms with Crippen molar-refractivity contribution in [2.75, 3.05) is 0 Å². The molecule has 4 nitrogen and oxygen atoms in total. The van der Waals surface area contributed by atoms with Crippen molar-refractivity contribution in [2.24, 2.45) is 0 Å². The highest BCUT2D eigenvalue weighted by Crippen LogP contribution is 2.23. The van der Waals surface area contributed by atoms with E-state index >= 15 is 0 Å². The molecule has 0 saturated heterocycles. The lowest BCUT2D eigenvalue weighted by molar-refractivity contribution is 0.111. The molecule has 0 bridgehead atoms. The molecule has 0 saturated carbocycles. The number of benzene rings is 2. The van der Waals surface area contributed by atoms with Gasteiger partial charge in [0.1, 0.15) is 5.82 Å². The average molecular weight is 295 g/mol. The van der Waals surface area contributed by atoms with Crippen LogP contribution in [-0.4, -0.2) is 21.3 Å². The van der Waals surface area contributed by atoms with Crippen molar-refractivity contribution in [1.29, 1.82) is 0 Å². The number of hydrogen-bond acceptors (Lipinski definition) is 3. The van der Waals surface area contributed by atoms with Crippen molar-refractivity contribution < 1.29 is 9.18 Å². The van der Waals surface area contributed by atoms with Gasteiger partial charge in [0.25, 0.3) is 0 Å². The third-order valence-electron chi connectivity index (χ3n) is 3.44. The number of carbonyl (C=O) groups is 1. The fourth-order valence-electron chi connectivity index (χ4n) is 2.39. The Bertz CT molecular complexity index is 826. The number of halogens is 1. The second-order valence-electron chi connectivity index (χ2n) is 5.06. The van der Waals surface area contributed by atoms with Crippen molar-refractivity contribution in [3.05, 3.63) is 71.2 Å². The fourth-order valence-corrected chi connectivity index (χ4v) is 2.39. The van der Waals surface area contributed by atoms with Gasteiger partial charge in [0.15, 0.2) is 12.0 Å². The standard InChI is InChI=1S/C17H14FN3O/c1-12-5-4-7-13(9-12)17-16(11-22)19-20-21(17)10-14-6-2-3-8-15(14)18/h2-9,11H,10H2,1H3. The van der Waals surface area contributed by atoms with Gasteiger partial charge in [0.2, 0.25) is 0 Å². The van der Waals surface area contributed by atoms with E-state index in [2.05, 4.69) is 10.3 Å². The van der Waals surface area contributed by atoms with E-state index in [-0.39, 0.29) is 18.1 Å². The van der Waals surface area contributed by atoms with E-state index in [4.69, 9.17) is 0 Å². The maximum atomic E-state index is 13.8. The van der Waals surface area contributed by atoms with Crippen LogP contribution in [-0.2, 0) is 6.54 Å². The quantitative estimate of drug-likeness (QED) is 0.694. The molecule has 0 N–H and O–H groups in total. The molecule has 0 atom stereocenters. The third-order valence-corrected chi connectivity index (χ3v) is 3.44. The van der Waals surface area contributed by atoms with Crippen LogP contribution in [0.2, 0.25) is 0 Å². The Balaban J connectivity index is 2.08. The van der Waals surface area contributed by atoms with Gasteiger partial charge in [0, 0.05) is 11.1 Å². The van der Waals surface area contributed by atoms with E-state index in [1.54, 1.807) is 22.9 Å². The summed E-state index contributed by atoms with van der Waals surface area (Å²) in [6.45, 7) is 2.19. The summed E-state index contributed by atoms with van der Waals surface area (Å²) >= 11 is 0. The van der Waals surface area contributed by atoms with Gasteiger partial charge in [0.05, 0.1) is 12.2 Å².